The van der Waals surface area contributed by atoms with Crippen molar-refractivity contribution in [2.24, 2.45) is 17.8 Å². The highest BCUT2D eigenvalue weighted by Gasteiger charge is 2.43. The summed E-state index contributed by atoms with van der Waals surface area (Å²) in [5.41, 5.74) is 3.22. The quantitative estimate of drug-likeness (QED) is 0.783. The van der Waals surface area contributed by atoms with Crippen LogP contribution in [0.25, 0.3) is 11.2 Å². The molecule has 0 radical (unpaired) electrons. The second-order valence-corrected chi connectivity index (χ2v) is 7.18. The maximum atomic E-state index is 6.17. The van der Waals surface area contributed by atoms with Crippen molar-refractivity contribution >= 4 is 22.8 Å². The number of pyridine rings is 1. The van der Waals surface area contributed by atoms with E-state index in [-0.39, 0.29) is 0 Å². The van der Waals surface area contributed by atoms with Crippen LogP contribution in [0.4, 0.5) is 0 Å². The molecule has 3 nitrogen and oxygen atoms in total. The number of fused-ring (bicyclic) bond motifs is 3. The van der Waals surface area contributed by atoms with Crippen molar-refractivity contribution in [3.05, 3.63) is 23.7 Å². The Hall–Kier alpha value is -1.09. The maximum Gasteiger partial charge on any atom is 0.160 e. The Labute approximate surface area is 130 Å². The van der Waals surface area contributed by atoms with Crippen molar-refractivity contribution < 1.29 is 0 Å². The van der Waals surface area contributed by atoms with E-state index in [2.05, 4.69) is 23.4 Å². The number of imidazole rings is 1. The maximum absolute atomic E-state index is 6.17. The molecule has 0 N–H and O–H groups in total. The summed E-state index contributed by atoms with van der Waals surface area (Å²) >= 11 is 6.17. The second-order valence-electron chi connectivity index (χ2n) is 6.91. The first kappa shape index (κ1) is 13.6. The Kier molecular flexibility index (Phi) is 3.21. The molecule has 2 aliphatic carbocycles. The highest BCUT2D eigenvalue weighted by Crippen LogP contribution is 2.52. The first-order valence-corrected chi connectivity index (χ1v) is 8.61. The molecule has 0 amide bonds. The van der Waals surface area contributed by atoms with E-state index in [0.717, 1.165) is 34.7 Å². The van der Waals surface area contributed by atoms with Crippen LogP contribution in [0.3, 0.4) is 0 Å². The predicted molar refractivity (Wildman–Crippen MR) is 85.5 cm³/mol. The molecule has 2 aromatic rings. The van der Waals surface area contributed by atoms with Gasteiger partial charge in [0.05, 0.1) is 5.88 Å². The molecule has 0 aliphatic heterocycles. The summed E-state index contributed by atoms with van der Waals surface area (Å²) in [7, 11) is 0. The molecule has 0 saturated heterocycles. The highest BCUT2D eigenvalue weighted by molar-refractivity contribution is 6.16. The van der Waals surface area contributed by atoms with Crippen molar-refractivity contribution in [3.63, 3.8) is 0 Å². The highest BCUT2D eigenvalue weighted by atomic mass is 35.5. The Morgan fingerprint density at radius 3 is 2.90 bits per heavy atom. The lowest BCUT2D eigenvalue weighted by atomic mass is 9.84. The lowest BCUT2D eigenvalue weighted by molar-refractivity contribution is 0.243. The van der Waals surface area contributed by atoms with Gasteiger partial charge < -0.3 is 4.57 Å². The van der Waals surface area contributed by atoms with Gasteiger partial charge in [0.15, 0.2) is 5.65 Å². The van der Waals surface area contributed by atoms with E-state index in [9.17, 15) is 0 Å². The standard InChI is InChI=1S/C17H22ClN3/c1-10-5-6-19-17-16(10)20-15(9-18)21(17)11(2)14-8-12-3-4-13(14)7-12/h5-6,11-14H,3-4,7-9H2,1-2H3. The minimum absolute atomic E-state index is 0.452. The number of halogens is 1. The monoisotopic (exact) mass is 303 g/mol. The topological polar surface area (TPSA) is 30.7 Å². The van der Waals surface area contributed by atoms with Gasteiger partial charge in [-0.15, -0.1) is 11.6 Å². The van der Waals surface area contributed by atoms with Gasteiger partial charge >= 0.3 is 0 Å². The van der Waals surface area contributed by atoms with E-state index in [4.69, 9.17) is 16.6 Å². The van der Waals surface area contributed by atoms with Gasteiger partial charge in [-0.05, 0) is 62.5 Å². The van der Waals surface area contributed by atoms with Gasteiger partial charge in [-0.1, -0.05) is 6.42 Å². The minimum Gasteiger partial charge on any atom is -0.309 e. The minimum atomic E-state index is 0.452. The molecule has 2 saturated carbocycles. The Morgan fingerprint density at radius 1 is 1.38 bits per heavy atom. The lowest BCUT2D eigenvalue weighted by Gasteiger charge is -2.29. The van der Waals surface area contributed by atoms with Crippen LogP contribution >= 0.6 is 11.6 Å². The first-order valence-electron chi connectivity index (χ1n) is 8.07. The number of aromatic nitrogens is 3. The van der Waals surface area contributed by atoms with Gasteiger partial charge in [-0.3, -0.25) is 0 Å². The molecule has 4 rings (SSSR count). The molecule has 2 aromatic heterocycles. The van der Waals surface area contributed by atoms with Crippen molar-refractivity contribution in [2.75, 3.05) is 0 Å². The largest absolute Gasteiger partial charge is 0.309 e. The summed E-state index contributed by atoms with van der Waals surface area (Å²) in [6.45, 7) is 4.44. The molecule has 0 spiro atoms. The second kappa shape index (κ2) is 4.98. The molecule has 2 fully saturated rings. The molecule has 4 heteroatoms. The molecular weight excluding hydrogens is 282 g/mol. The number of aryl methyl sites for hydroxylation is 1. The Balaban J connectivity index is 1.80. The number of hydrogen-bond acceptors (Lipinski definition) is 2. The Bertz CT molecular complexity index is 678. The fraction of sp³-hybridized carbons (Fsp3) is 0.647. The third-order valence-corrected chi connectivity index (χ3v) is 6.03. The molecular formula is C17H22ClN3. The normalized spacial score (nSPS) is 29.4. The van der Waals surface area contributed by atoms with E-state index in [1.165, 1.54) is 31.2 Å². The van der Waals surface area contributed by atoms with Crippen molar-refractivity contribution in [1.82, 2.24) is 14.5 Å². The molecule has 4 unspecified atom stereocenters. The predicted octanol–water partition coefficient (Wildman–Crippen LogP) is 4.48. The van der Waals surface area contributed by atoms with Crippen LogP contribution in [0.5, 0.6) is 0 Å². The zero-order valence-electron chi connectivity index (χ0n) is 12.7. The van der Waals surface area contributed by atoms with E-state index in [1.54, 1.807) is 0 Å². The van der Waals surface area contributed by atoms with Gasteiger partial charge in [-0.25, -0.2) is 9.97 Å². The number of nitrogens with zero attached hydrogens (tertiary/aromatic N) is 3. The number of alkyl halides is 1. The number of rotatable bonds is 3. The summed E-state index contributed by atoms with van der Waals surface area (Å²) in [6.07, 6.45) is 7.55. The molecule has 4 atom stereocenters. The smallest absolute Gasteiger partial charge is 0.160 e. The summed E-state index contributed by atoms with van der Waals surface area (Å²) < 4.78 is 2.32. The van der Waals surface area contributed by atoms with Gasteiger partial charge in [0.2, 0.25) is 0 Å². The third kappa shape index (κ3) is 2.01. The van der Waals surface area contributed by atoms with Gasteiger partial charge in [0.25, 0.3) is 0 Å². The average Bonchev–Trinajstić information content (AvgIpc) is 3.19. The van der Waals surface area contributed by atoms with E-state index in [0.29, 0.717) is 11.9 Å². The summed E-state index contributed by atoms with van der Waals surface area (Å²) in [6, 6.07) is 2.48. The summed E-state index contributed by atoms with van der Waals surface area (Å²) in [5, 5.41) is 0. The summed E-state index contributed by atoms with van der Waals surface area (Å²) in [4.78, 5) is 9.36. The van der Waals surface area contributed by atoms with Crippen molar-refractivity contribution in [2.45, 2.75) is 51.5 Å². The molecule has 0 aromatic carbocycles. The molecule has 21 heavy (non-hydrogen) atoms. The fourth-order valence-electron chi connectivity index (χ4n) is 4.75. The van der Waals surface area contributed by atoms with Crippen LogP contribution in [0, 0.1) is 24.7 Å². The van der Waals surface area contributed by atoms with Crippen molar-refractivity contribution in [3.8, 4) is 0 Å². The van der Waals surface area contributed by atoms with Crippen molar-refractivity contribution in [1.29, 1.82) is 0 Å². The van der Waals surface area contributed by atoms with Crippen LogP contribution in [0.15, 0.2) is 12.3 Å². The fourth-order valence-corrected chi connectivity index (χ4v) is 4.94. The van der Waals surface area contributed by atoms with Crippen LogP contribution in [0.2, 0.25) is 0 Å². The zero-order valence-corrected chi connectivity index (χ0v) is 13.5. The van der Waals surface area contributed by atoms with E-state index >= 15 is 0 Å². The zero-order chi connectivity index (χ0) is 14.6. The van der Waals surface area contributed by atoms with E-state index < -0.39 is 0 Å². The Morgan fingerprint density at radius 2 is 2.24 bits per heavy atom. The average molecular weight is 304 g/mol. The van der Waals surface area contributed by atoms with E-state index in [1.807, 2.05) is 12.3 Å². The van der Waals surface area contributed by atoms with Gasteiger partial charge in [-0.2, -0.15) is 0 Å². The third-order valence-electron chi connectivity index (χ3n) is 5.79. The van der Waals surface area contributed by atoms with Crippen LogP contribution in [-0.2, 0) is 5.88 Å². The van der Waals surface area contributed by atoms with Gasteiger partial charge in [0, 0.05) is 12.2 Å². The SMILES string of the molecule is Cc1ccnc2c1nc(CCl)n2C(C)C1CC2CCC1C2. The molecule has 2 aliphatic rings. The number of hydrogen-bond donors (Lipinski definition) is 0. The van der Waals surface area contributed by atoms with Crippen LogP contribution in [-0.4, -0.2) is 14.5 Å². The molecule has 2 heterocycles. The molecule has 112 valence electrons. The van der Waals surface area contributed by atoms with Crippen LogP contribution in [0.1, 0.15) is 50.0 Å². The van der Waals surface area contributed by atoms with Gasteiger partial charge in [0.1, 0.15) is 11.3 Å². The lowest BCUT2D eigenvalue weighted by Crippen LogP contribution is -2.23. The first-order chi connectivity index (χ1) is 10.2. The summed E-state index contributed by atoms with van der Waals surface area (Å²) in [5.74, 6) is 4.07. The van der Waals surface area contributed by atoms with Crippen LogP contribution < -0.4 is 0 Å². The molecule has 2 bridgehead atoms.